The highest BCUT2D eigenvalue weighted by atomic mass is 19.1. The van der Waals surface area contributed by atoms with Gasteiger partial charge in [0.1, 0.15) is 23.2 Å². The van der Waals surface area contributed by atoms with E-state index in [-0.39, 0.29) is 30.6 Å². The van der Waals surface area contributed by atoms with E-state index in [1.807, 2.05) is 25.1 Å². The minimum Gasteiger partial charge on any atom is -0.299 e. The fourth-order valence-corrected chi connectivity index (χ4v) is 3.54. The number of hydrogen-bond donors (Lipinski definition) is 0. The summed E-state index contributed by atoms with van der Waals surface area (Å²) in [5.74, 6) is -3.14. The lowest BCUT2D eigenvalue weighted by Crippen LogP contribution is -2.09. The van der Waals surface area contributed by atoms with Crippen molar-refractivity contribution >= 4 is 11.5 Å². The highest BCUT2D eigenvalue weighted by Crippen LogP contribution is 2.24. The molecule has 3 heterocycles. The van der Waals surface area contributed by atoms with E-state index in [1.54, 1.807) is 12.4 Å². The molecule has 4 nitrogen and oxygen atoms in total. The second kappa shape index (κ2) is 8.18. The number of halogens is 3. The molecule has 0 atom stereocenters. The number of aliphatic imine (C=N–C) groups is 1. The molecule has 0 saturated carbocycles. The molecule has 2 aromatic heterocycles. The number of carbonyl (C=O) groups excluding carboxylic acids is 1. The summed E-state index contributed by atoms with van der Waals surface area (Å²) in [5.41, 5.74) is 4.92. The van der Waals surface area contributed by atoms with E-state index in [4.69, 9.17) is 0 Å². The van der Waals surface area contributed by atoms with Crippen LogP contribution in [0.1, 0.15) is 40.1 Å². The van der Waals surface area contributed by atoms with Gasteiger partial charge >= 0.3 is 0 Å². The normalized spacial score (nSPS) is 12.6. The zero-order valence-corrected chi connectivity index (χ0v) is 16.3. The van der Waals surface area contributed by atoms with Gasteiger partial charge in [-0.05, 0) is 37.1 Å². The summed E-state index contributed by atoms with van der Waals surface area (Å²) >= 11 is 0. The summed E-state index contributed by atoms with van der Waals surface area (Å²) in [6.07, 6.45) is 3.31. The van der Waals surface area contributed by atoms with E-state index in [1.165, 1.54) is 0 Å². The number of aryl methyl sites for hydroxylation is 1. The van der Waals surface area contributed by atoms with E-state index in [9.17, 15) is 18.0 Å². The number of pyridine rings is 2. The van der Waals surface area contributed by atoms with Crippen LogP contribution in [0.4, 0.5) is 13.2 Å². The highest BCUT2D eigenvalue weighted by Gasteiger charge is 2.20. The third-order valence-corrected chi connectivity index (χ3v) is 5.02. The Morgan fingerprint density at radius 1 is 1.07 bits per heavy atom. The van der Waals surface area contributed by atoms with Crippen molar-refractivity contribution in [2.24, 2.45) is 4.99 Å². The molecule has 0 bridgehead atoms. The highest BCUT2D eigenvalue weighted by molar-refractivity contribution is 6.15. The third kappa shape index (κ3) is 4.15. The van der Waals surface area contributed by atoms with Gasteiger partial charge in [0.05, 0.1) is 12.3 Å². The standard InChI is InChI=1S/C23H18F3N3O/c1-13-6-14(4-5-27-13)23-20-12-28-17(7-15(20)11-29-23)10-18(30)2-3-19-21(25)8-16(24)9-22(19)26/h4-9,12H,2-3,10-11H2,1H3. The maximum Gasteiger partial charge on any atom is 0.139 e. The van der Waals surface area contributed by atoms with Crippen LogP contribution in [0.5, 0.6) is 0 Å². The van der Waals surface area contributed by atoms with Crippen LogP contribution in [0.2, 0.25) is 0 Å². The monoisotopic (exact) mass is 409 g/mol. The van der Waals surface area contributed by atoms with Crippen LogP contribution < -0.4 is 0 Å². The van der Waals surface area contributed by atoms with Gasteiger partial charge in [0.25, 0.3) is 0 Å². The molecule has 152 valence electrons. The number of Topliss-reactive ketones (excluding diaryl/α,β-unsaturated/α-hetero) is 1. The largest absolute Gasteiger partial charge is 0.299 e. The van der Waals surface area contributed by atoms with Crippen LogP contribution in [-0.4, -0.2) is 21.5 Å². The van der Waals surface area contributed by atoms with E-state index >= 15 is 0 Å². The summed E-state index contributed by atoms with van der Waals surface area (Å²) in [7, 11) is 0. The predicted molar refractivity (Wildman–Crippen MR) is 106 cm³/mol. The quantitative estimate of drug-likeness (QED) is 0.610. The average molecular weight is 409 g/mol. The van der Waals surface area contributed by atoms with E-state index in [0.717, 1.165) is 28.1 Å². The number of fused-ring (bicyclic) bond motifs is 1. The van der Waals surface area contributed by atoms with Gasteiger partial charge in [-0.25, -0.2) is 13.2 Å². The molecule has 0 N–H and O–H groups in total. The van der Waals surface area contributed by atoms with Crippen molar-refractivity contribution < 1.29 is 18.0 Å². The molecule has 0 radical (unpaired) electrons. The van der Waals surface area contributed by atoms with Gasteiger partial charge in [0.2, 0.25) is 0 Å². The Kier molecular flexibility index (Phi) is 5.44. The third-order valence-electron chi connectivity index (χ3n) is 5.02. The number of ketones is 1. The number of rotatable bonds is 6. The minimum atomic E-state index is -0.981. The van der Waals surface area contributed by atoms with Gasteiger partial charge in [-0.15, -0.1) is 0 Å². The van der Waals surface area contributed by atoms with Crippen LogP contribution in [0.3, 0.4) is 0 Å². The predicted octanol–water partition coefficient (Wildman–Crippen LogP) is 4.30. The maximum absolute atomic E-state index is 13.7. The Morgan fingerprint density at radius 2 is 1.83 bits per heavy atom. The first-order valence-corrected chi connectivity index (χ1v) is 9.51. The zero-order valence-electron chi connectivity index (χ0n) is 16.3. The summed E-state index contributed by atoms with van der Waals surface area (Å²) in [5, 5.41) is 0. The first-order chi connectivity index (χ1) is 14.4. The van der Waals surface area contributed by atoms with E-state index < -0.39 is 17.5 Å². The van der Waals surface area contributed by atoms with Crippen LogP contribution in [0.15, 0.2) is 47.7 Å². The number of benzene rings is 1. The van der Waals surface area contributed by atoms with Gasteiger partial charge in [-0.3, -0.25) is 19.8 Å². The molecule has 4 rings (SSSR count). The lowest BCUT2D eigenvalue weighted by Gasteiger charge is -2.07. The molecule has 0 spiro atoms. The van der Waals surface area contributed by atoms with Crippen LogP contribution in [-0.2, 0) is 24.2 Å². The molecule has 0 unspecified atom stereocenters. The summed E-state index contributed by atoms with van der Waals surface area (Å²) in [6, 6.07) is 6.93. The lowest BCUT2D eigenvalue weighted by atomic mass is 10.00. The molecule has 0 amide bonds. The van der Waals surface area contributed by atoms with Crippen molar-refractivity contribution in [2.45, 2.75) is 32.7 Å². The molecule has 1 aliphatic heterocycles. The maximum atomic E-state index is 13.7. The second-order valence-electron chi connectivity index (χ2n) is 7.25. The van der Waals surface area contributed by atoms with Crippen molar-refractivity contribution in [1.29, 1.82) is 0 Å². The Balaban J connectivity index is 1.43. The Morgan fingerprint density at radius 3 is 2.57 bits per heavy atom. The summed E-state index contributed by atoms with van der Waals surface area (Å²) in [4.78, 5) is 25.5. The van der Waals surface area contributed by atoms with E-state index in [2.05, 4.69) is 15.0 Å². The number of hydrogen-bond acceptors (Lipinski definition) is 4. The van der Waals surface area contributed by atoms with Crippen molar-refractivity contribution in [2.75, 3.05) is 0 Å². The molecule has 3 aromatic rings. The van der Waals surface area contributed by atoms with E-state index in [0.29, 0.717) is 24.4 Å². The van der Waals surface area contributed by atoms with Gasteiger partial charge in [0, 0.05) is 65.4 Å². The SMILES string of the molecule is Cc1cc(C2=NCc3cc(CC(=O)CCc4c(F)cc(F)cc4F)ncc32)ccn1. The fraction of sp³-hybridized carbons (Fsp3) is 0.217. The van der Waals surface area contributed by atoms with Gasteiger partial charge < -0.3 is 0 Å². The van der Waals surface area contributed by atoms with Crippen molar-refractivity contribution in [3.63, 3.8) is 0 Å². The van der Waals surface area contributed by atoms with Crippen molar-refractivity contribution in [3.8, 4) is 0 Å². The first kappa shape index (κ1) is 19.9. The van der Waals surface area contributed by atoms with Crippen LogP contribution in [0, 0.1) is 24.4 Å². The van der Waals surface area contributed by atoms with Crippen LogP contribution >= 0.6 is 0 Å². The van der Waals surface area contributed by atoms with Gasteiger partial charge in [0.15, 0.2) is 0 Å². The van der Waals surface area contributed by atoms with Gasteiger partial charge in [-0.2, -0.15) is 0 Å². The smallest absolute Gasteiger partial charge is 0.139 e. The summed E-state index contributed by atoms with van der Waals surface area (Å²) < 4.78 is 40.4. The van der Waals surface area contributed by atoms with Gasteiger partial charge in [-0.1, -0.05) is 0 Å². The number of aromatic nitrogens is 2. The molecule has 0 aliphatic carbocycles. The molecule has 1 aromatic carbocycles. The molecular formula is C23H18F3N3O. The molecule has 7 heteroatoms. The molecule has 0 fully saturated rings. The van der Waals surface area contributed by atoms with Crippen molar-refractivity contribution in [1.82, 2.24) is 9.97 Å². The average Bonchev–Trinajstić information content (AvgIpc) is 3.10. The Labute approximate surface area is 171 Å². The molecule has 0 saturated heterocycles. The Bertz CT molecular complexity index is 1150. The Hall–Kier alpha value is -3.35. The van der Waals surface area contributed by atoms with Crippen molar-refractivity contribution in [3.05, 3.63) is 93.8 Å². The fourth-order valence-electron chi connectivity index (χ4n) is 3.54. The minimum absolute atomic E-state index is 0.0570. The molecular weight excluding hydrogens is 391 g/mol. The second-order valence-corrected chi connectivity index (χ2v) is 7.25. The van der Waals surface area contributed by atoms with Crippen LogP contribution in [0.25, 0.3) is 0 Å². The summed E-state index contributed by atoms with van der Waals surface area (Å²) in [6.45, 7) is 2.41. The topological polar surface area (TPSA) is 55.2 Å². The lowest BCUT2D eigenvalue weighted by molar-refractivity contribution is -0.118. The zero-order chi connectivity index (χ0) is 21.3. The number of nitrogens with zero attached hydrogens (tertiary/aromatic N) is 3. The number of carbonyl (C=O) groups is 1. The molecule has 1 aliphatic rings. The molecule has 30 heavy (non-hydrogen) atoms. The first-order valence-electron chi connectivity index (χ1n) is 9.51.